The van der Waals surface area contributed by atoms with Crippen molar-refractivity contribution in [1.29, 1.82) is 0 Å². The number of aromatic nitrogens is 1. The lowest BCUT2D eigenvalue weighted by Gasteiger charge is -2.02. The van der Waals surface area contributed by atoms with E-state index in [0.717, 1.165) is 14.6 Å². The summed E-state index contributed by atoms with van der Waals surface area (Å²) in [5.74, 6) is -0.284. The van der Waals surface area contributed by atoms with Gasteiger partial charge in [0.2, 0.25) is 0 Å². The molecule has 0 fully saturated rings. The summed E-state index contributed by atoms with van der Waals surface area (Å²) < 4.78 is 15.2. The molecule has 90 valence electrons. The Balaban J connectivity index is 1.98. The molecule has 2 aromatic carbocycles. The number of nitrogen functional groups attached to an aromatic ring is 1. The molecule has 0 saturated heterocycles. The van der Waals surface area contributed by atoms with Gasteiger partial charge in [0, 0.05) is 10.6 Å². The van der Waals surface area contributed by atoms with Gasteiger partial charge < -0.3 is 5.73 Å². The predicted molar refractivity (Wildman–Crippen MR) is 74.6 cm³/mol. The topological polar surface area (TPSA) is 38.9 Å². The molecule has 0 unspecified atom stereocenters. The summed E-state index contributed by atoms with van der Waals surface area (Å²) in [6, 6.07) is 12.3. The number of para-hydroxylation sites is 1. The number of hydrogen-bond donors (Lipinski definition) is 1. The number of nitrogens with zero attached hydrogens (tertiary/aromatic N) is 1. The summed E-state index contributed by atoms with van der Waals surface area (Å²) in [7, 11) is 0. The van der Waals surface area contributed by atoms with Gasteiger partial charge >= 0.3 is 0 Å². The molecule has 2 nitrogen and oxygen atoms in total. The summed E-state index contributed by atoms with van der Waals surface area (Å²) in [4.78, 5) is 5.19. The Hall–Kier alpha value is -1.59. The van der Waals surface area contributed by atoms with E-state index < -0.39 is 0 Å². The maximum atomic E-state index is 13.2. The molecule has 2 N–H and O–H groups in total. The first-order valence-electron chi connectivity index (χ1n) is 5.31. The zero-order valence-electron chi connectivity index (χ0n) is 9.26. The molecule has 0 saturated carbocycles. The average molecular weight is 276 g/mol. The summed E-state index contributed by atoms with van der Waals surface area (Å²) >= 11 is 2.98. The van der Waals surface area contributed by atoms with Crippen molar-refractivity contribution < 1.29 is 4.39 Å². The molecule has 0 atom stereocenters. The first-order valence-corrected chi connectivity index (χ1v) is 6.94. The van der Waals surface area contributed by atoms with Crippen LogP contribution in [0.2, 0.25) is 0 Å². The third-order valence-electron chi connectivity index (χ3n) is 2.45. The quantitative estimate of drug-likeness (QED) is 0.714. The van der Waals surface area contributed by atoms with Crippen molar-refractivity contribution in [1.82, 2.24) is 4.98 Å². The highest BCUT2D eigenvalue weighted by atomic mass is 32.2. The molecule has 5 heteroatoms. The van der Waals surface area contributed by atoms with Crippen LogP contribution in [0.4, 0.5) is 10.1 Å². The van der Waals surface area contributed by atoms with Gasteiger partial charge in [-0.05, 0) is 30.3 Å². The van der Waals surface area contributed by atoms with E-state index in [1.165, 1.54) is 23.9 Å². The normalized spacial score (nSPS) is 10.9. The smallest absolute Gasteiger partial charge is 0.155 e. The lowest BCUT2D eigenvalue weighted by atomic mass is 10.3. The van der Waals surface area contributed by atoms with Gasteiger partial charge in [0.15, 0.2) is 4.34 Å². The second kappa shape index (κ2) is 4.59. The van der Waals surface area contributed by atoms with Crippen molar-refractivity contribution in [3.8, 4) is 0 Å². The van der Waals surface area contributed by atoms with E-state index >= 15 is 0 Å². The third kappa shape index (κ3) is 2.19. The number of fused-ring (bicyclic) bond motifs is 1. The van der Waals surface area contributed by atoms with Crippen molar-refractivity contribution in [2.75, 3.05) is 5.73 Å². The van der Waals surface area contributed by atoms with Gasteiger partial charge in [-0.3, -0.25) is 0 Å². The van der Waals surface area contributed by atoms with Crippen molar-refractivity contribution in [3.63, 3.8) is 0 Å². The fourth-order valence-corrected chi connectivity index (χ4v) is 3.68. The van der Waals surface area contributed by atoms with E-state index in [1.54, 1.807) is 17.4 Å². The second-order valence-electron chi connectivity index (χ2n) is 3.73. The van der Waals surface area contributed by atoms with Crippen LogP contribution < -0.4 is 5.73 Å². The number of nitrogens with two attached hydrogens (primary N) is 1. The Bertz CT molecular complexity index is 676. The van der Waals surface area contributed by atoms with Crippen LogP contribution >= 0.6 is 23.1 Å². The molecule has 0 bridgehead atoms. The van der Waals surface area contributed by atoms with Gasteiger partial charge in [-0.2, -0.15) is 0 Å². The molecule has 18 heavy (non-hydrogen) atoms. The summed E-state index contributed by atoms with van der Waals surface area (Å²) in [6.45, 7) is 0. The minimum Gasteiger partial charge on any atom is -0.398 e. The summed E-state index contributed by atoms with van der Waals surface area (Å²) in [5, 5.41) is 0. The molecule has 0 aliphatic carbocycles. The molecule has 0 spiro atoms. The Kier molecular flexibility index (Phi) is 2.93. The van der Waals surface area contributed by atoms with Crippen LogP contribution in [0.1, 0.15) is 0 Å². The fraction of sp³-hybridized carbons (Fsp3) is 0. The molecular formula is C13H9FN2S2. The lowest BCUT2D eigenvalue weighted by Crippen LogP contribution is -1.88. The highest BCUT2D eigenvalue weighted by molar-refractivity contribution is 8.01. The predicted octanol–water partition coefficient (Wildman–Crippen LogP) is 4.17. The zero-order chi connectivity index (χ0) is 12.5. The molecule has 0 amide bonds. The number of rotatable bonds is 2. The number of anilines is 1. The second-order valence-corrected chi connectivity index (χ2v) is 6.05. The SMILES string of the molecule is Nc1ccc(F)cc1Sc1nc2ccccc2s1. The standard InChI is InChI=1S/C13H9FN2S2/c14-8-5-6-9(15)12(7-8)18-13-16-10-3-1-2-4-11(10)17-13/h1-7H,15H2. The number of hydrogen-bond acceptors (Lipinski definition) is 4. The molecule has 1 heterocycles. The van der Waals surface area contributed by atoms with Crippen LogP contribution in [0, 0.1) is 5.82 Å². The van der Waals surface area contributed by atoms with E-state index in [1.807, 2.05) is 24.3 Å². The van der Waals surface area contributed by atoms with E-state index in [4.69, 9.17) is 5.73 Å². The van der Waals surface area contributed by atoms with Gasteiger partial charge in [-0.15, -0.1) is 11.3 Å². The first-order chi connectivity index (χ1) is 8.72. The van der Waals surface area contributed by atoms with Crippen molar-refractivity contribution in [2.45, 2.75) is 9.24 Å². The van der Waals surface area contributed by atoms with E-state index in [9.17, 15) is 4.39 Å². The largest absolute Gasteiger partial charge is 0.398 e. The van der Waals surface area contributed by atoms with E-state index in [0.29, 0.717) is 10.6 Å². The van der Waals surface area contributed by atoms with Crippen LogP contribution in [-0.4, -0.2) is 4.98 Å². The van der Waals surface area contributed by atoms with Gasteiger partial charge in [0.05, 0.1) is 10.2 Å². The van der Waals surface area contributed by atoms with Crippen molar-refractivity contribution >= 4 is 39.0 Å². The Morgan fingerprint density at radius 1 is 1.17 bits per heavy atom. The van der Waals surface area contributed by atoms with Crippen LogP contribution in [-0.2, 0) is 0 Å². The molecule has 0 aliphatic heterocycles. The van der Waals surface area contributed by atoms with Gasteiger partial charge in [-0.25, -0.2) is 9.37 Å². The first kappa shape index (κ1) is 11.5. The van der Waals surface area contributed by atoms with Crippen LogP contribution in [0.3, 0.4) is 0 Å². The molecule has 1 aromatic heterocycles. The van der Waals surface area contributed by atoms with Crippen molar-refractivity contribution in [3.05, 3.63) is 48.3 Å². The minimum absolute atomic E-state index is 0.284. The fourth-order valence-electron chi connectivity index (χ4n) is 1.59. The Morgan fingerprint density at radius 2 is 2.00 bits per heavy atom. The zero-order valence-corrected chi connectivity index (χ0v) is 10.9. The van der Waals surface area contributed by atoms with Crippen LogP contribution in [0.25, 0.3) is 10.2 Å². The van der Waals surface area contributed by atoms with E-state index in [-0.39, 0.29) is 5.82 Å². The van der Waals surface area contributed by atoms with Crippen LogP contribution in [0.5, 0.6) is 0 Å². The molecule has 3 aromatic rings. The summed E-state index contributed by atoms with van der Waals surface area (Å²) in [6.07, 6.45) is 0. The molecule has 0 radical (unpaired) electrons. The number of benzene rings is 2. The Labute approximate surface area is 112 Å². The molecular weight excluding hydrogens is 267 g/mol. The minimum atomic E-state index is -0.284. The third-order valence-corrected chi connectivity index (χ3v) is 4.62. The maximum absolute atomic E-state index is 13.2. The maximum Gasteiger partial charge on any atom is 0.155 e. The highest BCUT2D eigenvalue weighted by Crippen LogP contribution is 2.36. The average Bonchev–Trinajstić information content (AvgIpc) is 2.76. The lowest BCUT2D eigenvalue weighted by molar-refractivity contribution is 0.624. The van der Waals surface area contributed by atoms with E-state index in [2.05, 4.69) is 4.98 Å². The number of halogens is 1. The summed E-state index contributed by atoms with van der Waals surface area (Å²) in [5.41, 5.74) is 7.35. The van der Waals surface area contributed by atoms with Gasteiger partial charge in [-0.1, -0.05) is 23.9 Å². The van der Waals surface area contributed by atoms with Gasteiger partial charge in [0.1, 0.15) is 5.82 Å². The van der Waals surface area contributed by atoms with Gasteiger partial charge in [0.25, 0.3) is 0 Å². The van der Waals surface area contributed by atoms with Crippen LogP contribution in [0.15, 0.2) is 51.7 Å². The Morgan fingerprint density at radius 3 is 2.83 bits per heavy atom. The number of thiazole rings is 1. The van der Waals surface area contributed by atoms with Crippen molar-refractivity contribution in [2.24, 2.45) is 0 Å². The molecule has 0 aliphatic rings. The molecule has 3 rings (SSSR count). The highest BCUT2D eigenvalue weighted by Gasteiger charge is 2.08. The monoisotopic (exact) mass is 276 g/mol.